The molecule has 0 radical (unpaired) electrons. The summed E-state index contributed by atoms with van der Waals surface area (Å²) in [5.41, 5.74) is 0. The van der Waals surface area contributed by atoms with E-state index in [0.29, 0.717) is 17.4 Å². The molecule has 0 spiro atoms. The zero-order valence-corrected chi connectivity index (χ0v) is 43.9. The van der Waals surface area contributed by atoms with Gasteiger partial charge in [0.1, 0.15) is 13.2 Å². The molecule has 0 aliphatic heterocycles. The number of aliphatic hydroxyl groups is 1. The minimum Gasteiger partial charge on any atom is -0.756 e. The molecule has 0 aromatic carbocycles. The third-order valence-electron chi connectivity index (χ3n) is 12.4. The number of rotatable bonds is 50. The number of allylic oxidation sites excluding steroid dienone is 5. The van der Waals surface area contributed by atoms with Crippen LogP contribution in [0.1, 0.15) is 258 Å². The summed E-state index contributed by atoms with van der Waals surface area (Å²) < 4.78 is 23.2. The molecule has 9 heteroatoms. The van der Waals surface area contributed by atoms with Crippen LogP contribution in [0, 0.1) is 0 Å². The highest BCUT2D eigenvalue weighted by atomic mass is 31.2. The molecule has 378 valence electrons. The molecule has 0 aliphatic rings. The van der Waals surface area contributed by atoms with Gasteiger partial charge in [0.05, 0.1) is 39.9 Å². The number of hydrogen-bond donors (Lipinski definition) is 2. The molecule has 0 fully saturated rings. The highest BCUT2D eigenvalue weighted by Crippen LogP contribution is 2.38. The van der Waals surface area contributed by atoms with E-state index >= 15 is 0 Å². The number of likely N-dealkylation sites (N-methyl/N-ethyl adjacent to an activating group) is 1. The molecule has 3 atom stereocenters. The third-order valence-corrected chi connectivity index (χ3v) is 13.4. The van der Waals surface area contributed by atoms with E-state index in [1.807, 2.05) is 40.2 Å². The van der Waals surface area contributed by atoms with Crippen molar-refractivity contribution in [2.24, 2.45) is 0 Å². The third kappa shape index (κ3) is 48.6. The monoisotopic (exact) mass is 923 g/mol. The van der Waals surface area contributed by atoms with E-state index in [4.69, 9.17) is 9.05 Å². The van der Waals surface area contributed by atoms with Gasteiger partial charge in [-0.25, -0.2) is 0 Å². The quantitative estimate of drug-likeness (QED) is 0.0272. The van der Waals surface area contributed by atoms with Crippen molar-refractivity contribution in [1.29, 1.82) is 0 Å². The highest BCUT2D eigenvalue weighted by molar-refractivity contribution is 7.45. The molecule has 64 heavy (non-hydrogen) atoms. The Morgan fingerprint density at radius 2 is 0.906 bits per heavy atom. The first-order valence-electron chi connectivity index (χ1n) is 27.3. The predicted octanol–water partition coefficient (Wildman–Crippen LogP) is 15.6. The minimum absolute atomic E-state index is 0.00820. The second kappa shape index (κ2) is 46.8. The second-order valence-corrected chi connectivity index (χ2v) is 21.4. The number of quaternary nitrogens is 1. The fourth-order valence-corrected chi connectivity index (χ4v) is 8.86. The van der Waals surface area contributed by atoms with Gasteiger partial charge in [0.2, 0.25) is 5.91 Å². The first-order valence-corrected chi connectivity index (χ1v) is 28.8. The Morgan fingerprint density at radius 1 is 0.562 bits per heavy atom. The van der Waals surface area contributed by atoms with E-state index in [0.717, 1.165) is 44.9 Å². The number of carbonyl (C=O) groups is 1. The molecule has 8 nitrogen and oxygen atoms in total. The van der Waals surface area contributed by atoms with Crippen LogP contribution in [0.5, 0.6) is 0 Å². The minimum atomic E-state index is -4.59. The van der Waals surface area contributed by atoms with Crippen molar-refractivity contribution in [3.05, 3.63) is 36.5 Å². The number of phosphoric acid groups is 1. The Bertz CT molecular complexity index is 1140. The molecule has 0 bridgehead atoms. The summed E-state index contributed by atoms with van der Waals surface area (Å²) in [4.78, 5) is 25.3. The first-order chi connectivity index (χ1) is 31.0. The zero-order chi connectivity index (χ0) is 47.1. The van der Waals surface area contributed by atoms with Crippen LogP contribution in [-0.2, 0) is 18.4 Å². The smallest absolute Gasteiger partial charge is 0.268 e. The lowest BCUT2D eigenvalue weighted by atomic mass is 10.0. The molecule has 0 aliphatic carbocycles. The van der Waals surface area contributed by atoms with Gasteiger partial charge in [-0.1, -0.05) is 249 Å². The lowest BCUT2D eigenvalue weighted by Crippen LogP contribution is -2.45. The average Bonchev–Trinajstić information content (AvgIpc) is 3.25. The zero-order valence-electron chi connectivity index (χ0n) is 43.0. The Hall–Kier alpha value is -1.28. The van der Waals surface area contributed by atoms with Crippen LogP contribution in [0.4, 0.5) is 0 Å². The fraction of sp³-hybridized carbons (Fsp3) is 0.873. The summed E-state index contributed by atoms with van der Waals surface area (Å²) in [6.45, 7) is 4.40. The van der Waals surface area contributed by atoms with Crippen molar-refractivity contribution in [3.8, 4) is 0 Å². The van der Waals surface area contributed by atoms with E-state index in [-0.39, 0.29) is 12.5 Å². The topological polar surface area (TPSA) is 108 Å². The van der Waals surface area contributed by atoms with Crippen molar-refractivity contribution in [2.45, 2.75) is 270 Å². The van der Waals surface area contributed by atoms with Crippen molar-refractivity contribution >= 4 is 13.7 Å². The molecule has 0 heterocycles. The summed E-state index contributed by atoms with van der Waals surface area (Å²) >= 11 is 0. The van der Waals surface area contributed by atoms with Crippen LogP contribution in [0.15, 0.2) is 36.5 Å². The molecule has 3 unspecified atom stereocenters. The number of phosphoric ester groups is 1. The Labute approximate surface area is 397 Å². The molecular weight excluding hydrogens is 816 g/mol. The SMILES string of the molecule is C/C=C/CC/C=C/CC/C=C/C(O)C(COP(=O)([O-])OCC[N+](C)(C)C)NC(=O)CCCCCCCCCCCCCCCCCCCCCCCCCCCCCCCCCCC. The number of hydrogen-bond acceptors (Lipinski definition) is 6. The van der Waals surface area contributed by atoms with Gasteiger partial charge >= 0.3 is 0 Å². The molecule has 0 rings (SSSR count). The summed E-state index contributed by atoms with van der Waals surface area (Å²) in [6.07, 6.45) is 60.0. The number of carbonyl (C=O) groups excluding carboxylic acids is 1. The molecular formula is C55H107N2O6P. The van der Waals surface area contributed by atoms with Gasteiger partial charge < -0.3 is 28.8 Å². The summed E-state index contributed by atoms with van der Waals surface area (Å²) in [7, 11) is 1.24. The Balaban J connectivity index is 3.88. The normalized spacial score (nSPS) is 14.3. The standard InChI is InChI=1S/C55H107N2O6P/c1-6-8-10-12-14-16-17-18-19-20-21-22-23-24-25-26-27-28-29-30-31-32-33-34-35-36-37-38-39-41-43-45-47-49-55(59)56-53(52-63-64(60,61)62-51-50-57(3,4)5)54(58)48-46-44-42-40-15-13-11-9-7-2/h7,9,15,40,46,48,53-54,58H,6,8,10-14,16-39,41-45,47,49-52H2,1-5H3,(H-,56,59,60,61)/b9-7+,40-15+,48-46+. The van der Waals surface area contributed by atoms with E-state index in [9.17, 15) is 19.4 Å². The number of nitrogens with zero attached hydrogens (tertiary/aromatic N) is 1. The molecule has 0 aromatic heterocycles. The van der Waals surface area contributed by atoms with Crippen LogP contribution >= 0.6 is 7.82 Å². The molecule has 2 N–H and O–H groups in total. The molecule has 0 saturated heterocycles. The second-order valence-electron chi connectivity index (χ2n) is 19.9. The lowest BCUT2D eigenvalue weighted by Gasteiger charge is -2.29. The number of nitrogens with one attached hydrogen (secondary N) is 1. The molecule has 0 saturated carbocycles. The summed E-state index contributed by atoms with van der Waals surface area (Å²) in [5, 5.41) is 13.7. The van der Waals surface area contributed by atoms with Crippen molar-refractivity contribution in [3.63, 3.8) is 0 Å². The van der Waals surface area contributed by atoms with Gasteiger partial charge in [-0.05, 0) is 39.0 Å². The van der Waals surface area contributed by atoms with E-state index < -0.39 is 26.6 Å². The van der Waals surface area contributed by atoms with Crippen LogP contribution in [0.2, 0.25) is 0 Å². The average molecular weight is 923 g/mol. The van der Waals surface area contributed by atoms with Crippen molar-refractivity contribution in [1.82, 2.24) is 5.32 Å². The first kappa shape index (κ1) is 62.7. The van der Waals surface area contributed by atoms with Gasteiger partial charge in [-0.15, -0.1) is 0 Å². The number of unbranched alkanes of at least 4 members (excludes halogenated alkanes) is 34. The Kier molecular flexibility index (Phi) is 45.9. The largest absolute Gasteiger partial charge is 0.756 e. The summed E-state index contributed by atoms with van der Waals surface area (Å²) in [5.74, 6) is -0.211. The van der Waals surface area contributed by atoms with Gasteiger partial charge in [-0.2, -0.15) is 0 Å². The maximum Gasteiger partial charge on any atom is 0.268 e. The van der Waals surface area contributed by atoms with E-state index in [1.54, 1.807) is 6.08 Å². The lowest BCUT2D eigenvalue weighted by molar-refractivity contribution is -0.870. The van der Waals surface area contributed by atoms with Gasteiger partial charge in [-0.3, -0.25) is 9.36 Å². The van der Waals surface area contributed by atoms with Gasteiger partial charge in [0.15, 0.2) is 0 Å². The molecule has 0 aromatic rings. The van der Waals surface area contributed by atoms with Crippen molar-refractivity contribution < 1.29 is 32.9 Å². The molecule has 1 amide bonds. The van der Waals surface area contributed by atoms with Gasteiger partial charge in [0.25, 0.3) is 7.82 Å². The Morgan fingerprint density at radius 3 is 1.27 bits per heavy atom. The maximum absolute atomic E-state index is 12.9. The summed E-state index contributed by atoms with van der Waals surface area (Å²) in [6, 6.07) is -0.905. The van der Waals surface area contributed by atoms with Gasteiger partial charge in [0, 0.05) is 6.42 Å². The fourth-order valence-electron chi connectivity index (χ4n) is 8.14. The number of aliphatic hydroxyl groups excluding tert-OH is 1. The van der Waals surface area contributed by atoms with Crippen molar-refractivity contribution in [2.75, 3.05) is 40.9 Å². The van der Waals surface area contributed by atoms with E-state index in [1.165, 1.54) is 193 Å². The van der Waals surface area contributed by atoms with Crippen LogP contribution in [0.25, 0.3) is 0 Å². The van der Waals surface area contributed by atoms with Crippen LogP contribution in [-0.4, -0.2) is 68.5 Å². The predicted molar refractivity (Wildman–Crippen MR) is 275 cm³/mol. The number of amides is 1. The highest BCUT2D eigenvalue weighted by Gasteiger charge is 2.23. The van der Waals surface area contributed by atoms with Crippen LogP contribution < -0.4 is 10.2 Å². The van der Waals surface area contributed by atoms with E-state index in [2.05, 4.69) is 30.5 Å². The van der Waals surface area contributed by atoms with Crippen LogP contribution in [0.3, 0.4) is 0 Å². The maximum atomic E-state index is 12.9.